The second-order valence-corrected chi connectivity index (χ2v) is 6.00. The van der Waals surface area contributed by atoms with Crippen LogP contribution in [0, 0.1) is 6.92 Å². The molecule has 1 aromatic heterocycles. The van der Waals surface area contributed by atoms with Gasteiger partial charge in [-0.2, -0.15) is 0 Å². The van der Waals surface area contributed by atoms with Crippen molar-refractivity contribution < 1.29 is 19.5 Å². The average Bonchev–Trinajstić information content (AvgIpc) is 2.37. The van der Waals surface area contributed by atoms with E-state index < -0.39 is 5.60 Å². The van der Waals surface area contributed by atoms with Gasteiger partial charge in [0, 0.05) is 16.4 Å². The van der Waals surface area contributed by atoms with Crippen LogP contribution < -0.4 is 4.73 Å². The summed E-state index contributed by atoms with van der Waals surface area (Å²) in [5.74, 6) is -0.338. The highest BCUT2D eigenvalue weighted by Gasteiger charge is 2.18. The molecule has 0 atom stereocenters. The lowest BCUT2D eigenvalue weighted by atomic mass is 10.0. The molecule has 0 fully saturated rings. The van der Waals surface area contributed by atoms with Crippen molar-refractivity contribution in [2.45, 2.75) is 33.3 Å². The second-order valence-electron chi connectivity index (χ2n) is 6.00. The van der Waals surface area contributed by atoms with Gasteiger partial charge in [0.05, 0.1) is 5.56 Å². The topological polar surface area (TPSA) is 50.4 Å². The fourth-order valence-electron chi connectivity index (χ4n) is 2.07. The Balaban J connectivity index is 2.36. The highest BCUT2D eigenvalue weighted by Crippen LogP contribution is 2.23. The second kappa shape index (κ2) is 5.56. The van der Waals surface area contributed by atoms with Gasteiger partial charge in [-0.25, -0.2) is 4.79 Å². The summed E-state index contributed by atoms with van der Waals surface area (Å²) in [6, 6.07) is 9.11. The molecule has 0 aliphatic rings. The first-order valence-electron chi connectivity index (χ1n) is 6.81. The van der Waals surface area contributed by atoms with Gasteiger partial charge >= 0.3 is 5.97 Å². The molecule has 2 rings (SSSR count). The van der Waals surface area contributed by atoms with Gasteiger partial charge in [-0.05, 0) is 51.0 Å². The fourth-order valence-corrected chi connectivity index (χ4v) is 2.07. The zero-order chi connectivity index (χ0) is 15.6. The molecule has 0 unspecified atom stereocenters. The molecular formula is C17H20NO3+. The standard InChI is InChI=1S/C17H20NO3/c1-12-11-18(20)9-8-15(12)13-6-5-7-14(10-13)16(19)21-17(2,3)4/h5-11,20H,1-4H3/q+1. The van der Waals surface area contributed by atoms with E-state index in [4.69, 9.17) is 4.74 Å². The Kier molecular flexibility index (Phi) is 3.98. The number of rotatable bonds is 2. The Morgan fingerprint density at radius 2 is 1.95 bits per heavy atom. The summed E-state index contributed by atoms with van der Waals surface area (Å²) < 4.78 is 6.39. The lowest BCUT2D eigenvalue weighted by Crippen LogP contribution is -2.28. The third-order valence-corrected chi connectivity index (χ3v) is 2.95. The van der Waals surface area contributed by atoms with E-state index in [1.165, 1.54) is 0 Å². The van der Waals surface area contributed by atoms with Crippen LogP contribution in [-0.4, -0.2) is 16.8 Å². The van der Waals surface area contributed by atoms with Gasteiger partial charge in [-0.15, -0.1) is 0 Å². The smallest absolute Gasteiger partial charge is 0.338 e. The van der Waals surface area contributed by atoms with E-state index in [0.717, 1.165) is 21.4 Å². The van der Waals surface area contributed by atoms with Crippen molar-refractivity contribution in [3.63, 3.8) is 0 Å². The van der Waals surface area contributed by atoms with Crippen molar-refractivity contribution >= 4 is 5.97 Å². The Labute approximate surface area is 124 Å². The van der Waals surface area contributed by atoms with E-state index in [9.17, 15) is 10.0 Å². The maximum absolute atomic E-state index is 12.1. The van der Waals surface area contributed by atoms with Gasteiger partial charge in [0.1, 0.15) is 5.60 Å². The van der Waals surface area contributed by atoms with Gasteiger partial charge < -0.3 is 4.74 Å². The molecule has 4 nitrogen and oxygen atoms in total. The van der Waals surface area contributed by atoms with Gasteiger partial charge in [0.25, 0.3) is 0 Å². The maximum Gasteiger partial charge on any atom is 0.338 e. The number of hydrogen-bond acceptors (Lipinski definition) is 3. The molecule has 0 saturated heterocycles. The number of hydrogen-bond donors (Lipinski definition) is 1. The van der Waals surface area contributed by atoms with Gasteiger partial charge in [-0.3, -0.25) is 5.21 Å². The van der Waals surface area contributed by atoms with Crippen LogP contribution in [0.1, 0.15) is 36.7 Å². The number of carbonyl (C=O) groups excluding carboxylic acids is 1. The Morgan fingerprint density at radius 1 is 1.24 bits per heavy atom. The minimum Gasteiger partial charge on any atom is -0.456 e. The molecule has 0 radical (unpaired) electrons. The largest absolute Gasteiger partial charge is 0.456 e. The monoisotopic (exact) mass is 286 g/mol. The van der Waals surface area contributed by atoms with Crippen LogP contribution in [0.5, 0.6) is 0 Å². The predicted octanol–water partition coefficient (Wildman–Crippen LogP) is 3.14. The summed E-state index contributed by atoms with van der Waals surface area (Å²) >= 11 is 0. The molecule has 0 spiro atoms. The number of carbonyl (C=O) groups is 1. The molecular weight excluding hydrogens is 266 g/mol. The summed E-state index contributed by atoms with van der Waals surface area (Å²) in [5, 5.41) is 9.40. The third-order valence-electron chi connectivity index (χ3n) is 2.95. The fraction of sp³-hybridized carbons (Fsp3) is 0.294. The van der Waals surface area contributed by atoms with Crippen LogP contribution in [-0.2, 0) is 4.74 Å². The summed E-state index contributed by atoms with van der Waals surface area (Å²) in [4.78, 5) is 12.1. The van der Waals surface area contributed by atoms with E-state index in [1.807, 2.05) is 45.9 Å². The molecule has 0 aliphatic heterocycles. The van der Waals surface area contributed by atoms with Crippen molar-refractivity contribution in [1.29, 1.82) is 0 Å². The van der Waals surface area contributed by atoms with Crippen molar-refractivity contribution in [3.8, 4) is 11.1 Å². The number of esters is 1. The average molecular weight is 286 g/mol. The van der Waals surface area contributed by atoms with Crippen LogP contribution >= 0.6 is 0 Å². The number of aromatic nitrogens is 1. The molecule has 0 amide bonds. The van der Waals surface area contributed by atoms with Crippen molar-refractivity contribution in [2.24, 2.45) is 0 Å². The molecule has 0 saturated carbocycles. The van der Waals surface area contributed by atoms with E-state index >= 15 is 0 Å². The van der Waals surface area contributed by atoms with Crippen molar-refractivity contribution in [1.82, 2.24) is 0 Å². The Hall–Kier alpha value is -2.36. The summed E-state index contributed by atoms with van der Waals surface area (Å²) in [6.07, 6.45) is 3.18. The SMILES string of the molecule is Cc1c[n+](O)ccc1-c1cccc(C(=O)OC(C)(C)C)c1. The highest BCUT2D eigenvalue weighted by molar-refractivity contribution is 5.91. The van der Waals surface area contributed by atoms with Crippen LogP contribution in [0.2, 0.25) is 0 Å². The first-order valence-corrected chi connectivity index (χ1v) is 6.81. The molecule has 110 valence electrons. The minimum absolute atomic E-state index is 0.338. The van der Waals surface area contributed by atoms with E-state index in [0.29, 0.717) is 5.56 Å². The number of pyridine rings is 1. The molecule has 1 N–H and O–H groups in total. The van der Waals surface area contributed by atoms with E-state index in [1.54, 1.807) is 24.5 Å². The number of nitrogens with zero attached hydrogens (tertiary/aromatic N) is 1. The Bertz CT molecular complexity index is 672. The number of ether oxygens (including phenoxy) is 1. The van der Waals surface area contributed by atoms with Crippen LogP contribution in [0.3, 0.4) is 0 Å². The van der Waals surface area contributed by atoms with Crippen LogP contribution in [0.25, 0.3) is 11.1 Å². The number of benzene rings is 1. The van der Waals surface area contributed by atoms with E-state index in [2.05, 4.69) is 0 Å². The minimum atomic E-state index is -0.516. The zero-order valence-corrected chi connectivity index (χ0v) is 12.8. The summed E-state index contributed by atoms with van der Waals surface area (Å²) in [5.41, 5.74) is 2.80. The normalized spacial score (nSPS) is 11.2. The van der Waals surface area contributed by atoms with Crippen LogP contribution in [0.4, 0.5) is 0 Å². The molecule has 2 aromatic rings. The van der Waals surface area contributed by atoms with E-state index in [-0.39, 0.29) is 5.97 Å². The first kappa shape index (κ1) is 15.0. The first-order chi connectivity index (χ1) is 9.76. The quantitative estimate of drug-likeness (QED) is 0.524. The lowest BCUT2D eigenvalue weighted by Gasteiger charge is -2.19. The molecule has 0 bridgehead atoms. The molecule has 21 heavy (non-hydrogen) atoms. The molecule has 0 aliphatic carbocycles. The zero-order valence-electron chi connectivity index (χ0n) is 12.8. The van der Waals surface area contributed by atoms with Gasteiger partial charge in [0.15, 0.2) is 0 Å². The van der Waals surface area contributed by atoms with Gasteiger partial charge in [-0.1, -0.05) is 12.1 Å². The number of aryl methyl sites for hydroxylation is 1. The summed E-state index contributed by atoms with van der Waals surface area (Å²) in [6.45, 7) is 7.44. The Morgan fingerprint density at radius 3 is 2.57 bits per heavy atom. The van der Waals surface area contributed by atoms with Crippen molar-refractivity contribution in [3.05, 3.63) is 53.9 Å². The third kappa shape index (κ3) is 3.81. The van der Waals surface area contributed by atoms with Gasteiger partial charge in [0.2, 0.25) is 12.4 Å². The molecule has 1 heterocycles. The lowest BCUT2D eigenvalue weighted by molar-refractivity contribution is -0.905. The summed E-state index contributed by atoms with van der Waals surface area (Å²) in [7, 11) is 0. The molecule has 1 aromatic carbocycles. The predicted molar refractivity (Wildman–Crippen MR) is 79.2 cm³/mol. The highest BCUT2D eigenvalue weighted by atomic mass is 16.6. The maximum atomic E-state index is 12.1. The molecule has 4 heteroatoms. The van der Waals surface area contributed by atoms with Crippen molar-refractivity contribution in [2.75, 3.05) is 0 Å². The van der Waals surface area contributed by atoms with Crippen LogP contribution in [0.15, 0.2) is 42.7 Å².